The van der Waals surface area contributed by atoms with Crippen LogP contribution in [0, 0.1) is 0 Å². The molecule has 11 heavy (non-hydrogen) atoms. The third-order valence-corrected chi connectivity index (χ3v) is 0.880. The molecule has 0 aromatic carbocycles. The van der Waals surface area contributed by atoms with Crippen molar-refractivity contribution in [2.45, 2.75) is 6.92 Å². The van der Waals surface area contributed by atoms with Gasteiger partial charge in [0.05, 0.1) is 6.61 Å². The highest BCUT2D eigenvalue weighted by molar-refractivity contribution is 5.96. The first-order valence-electron chi connectivity index (χ1n) is 3.24. The van der Waals surface area contributed by atoms with E-state index in [1.54, 1.807) is 0 Å². The second-order valence-corrected chi connectivity index (χ2v) is 1.96. The van der Waals surface area contributed by atoms with Crippen molar-refractivity contribution in [1.82, 2.24) is 5.32 Å². The van der Waals surface area contributed by atoms with Crippen molar-refractivity contribution in [3.63, 3.8) is 0 Å². The molecule has 0 aliphatic carbocycles. The minimum absolute atomic E-state index is 0.0976. The topological polar surface area (TPSA) is 66.4 Å². The fourth-order valence-corrected chi connectivity index (χ4v) is 0.431. The molecule has 0 aromatic heterocycles. The van der Waals surface area contributed by atoms with E-state index < -0.39 is 0 Å². The van der Waals surface area contributed by atoms with E-state index in [9.17, 15) is 9.59 Å². The number of hydrogen-bond donors (Lipinski definition) is 2. The molecule has 2 N–H and O–H groups in total. The maximum atomic E-state index is 10.6. The minimum Gasteiger partial charge on any atom is -0.395 e. The van der Waals surface area contributed by atoms with E-state index in [-0.39, 0.29) is 24.8 Å². The Kier molecular flexibility index (Phi) is 5.02. The van der Waals surface area contributed by atoms with E-state index in [1.807, 2.05) is 0 Å². The van der Waals surface area contributed by atoms with E-state index >= 15 is 0 Å². The van der Waals surface area contributed by atoms with Gasteiger partial charge in [0.2, 0.25) is 5.91 Å². The SMILES string of the molecule is CC(=O)/C=C/C(=O)NCCO. The Labute approximate surface area is 64.9 Å². The normalized spacial score (nSPS) is 10.0. The molecule has 0 unspecified atom stereocenters. The van der Waals surface area contributed by atoms with Crippen LogP contribution in [0.4, 0.5) is 0 Å². The Bertz CT molecular complexity index is 175. The summed E-state index contributed by atoms with van der Waals surface area (Å²) >= 11 is 0. The molecular formula is C7H11NO3. The molecule has 0 bridgehead atoms. The van der Waals surface area contributed by atoms with Crippen LogP contribution in [-0.4, -0.2) is 29.9 Å². The van der Waals surface area contributed by atoms with Crippen LogP contribution >= 0.6 is 0 Å². The van der Waals surface area contributed by atoms with Crippen LogP contribution in [0.3, 0.4) is 0 Å². The summed E-state index contributed by atoms with van der Waals surface area (Å²) in [5.41, 5.74) is 0. The third kappa shape index (κ3) is 6.73. The summed E-state index contributed by atoms with van der Waals surface area (Å²) in [5.74, 6) is -0.543. The second kappa shape index (κ2) is 5.61. The zero-order chi connectivity index (χ0) is 8.69. The molecule has 0 aliphatic heterocycles. The van der Waals surface area contributed by atoms with E-state index in [1.165, 1.54) is 13.0 Å². The molecule has 0 rings (SSSR count). The van der Waals surface area contributed by atoms with Crippen molar-refractivity contribution in [2.75, 3.05) is 13.2 Å². The maximum absolute atomic E-state index is 10.6. The van der Waals surface area contributed by atoms with Gasteiger partial charge in [0.15, 0.2) is 5.78 Å². The summed E-state index contributed by atoms with van der Waals surface area (Å²) in [6.07, 6.45) is 2.31. The lowest BCUT2D eigenvalue weighted by atomic mass is 10.4. The third-order valence-electron chi connectivity index (χ3n) is 0.880. The standard InChI is InChI=1S/C7H11NO3/c1-6(10)2-3-7(11)8-4-5-9/h2-3,9H,4-5H2,1H3,(H,8,11)/b3-2+. The second-order valence-electron chi connectivity index (χ2n) is 1.96. The first-order valence-corrected chi connectivity index (χ1v) is 3.24. The number of amides is 1. The van der Waals surface area contributed by atoms with Gasteiger partial charge >= 0.3 is 0 Å². The Morgan fingerprint density at radius 3 is 2.55 bits per heavy atom. The maximum Gasteiger partial charge on any atom is 0.244 e. The molecule has 1 amide bonds. The average molecular weight is 157 g/mol. The predicted octanol–water partition coefficient (Wildman–Crippen LogP) is -0.760. The first kappa shape index (κ1) is 9.84. The highest BCUT2D eigenvalue weighted by Crippen LogP contribution is 1.75. The lowest BCUT2D eigenvalue weighted by Crippen LogP contribution is -2.24. The number of carbonyl (C=O) groups excluding carboxylic acids is 2. The summed E-state index contributed by atoms with van der Waals surface area (Å²) in [4.78, 5) is 21.0. The predicted molar refractivity (Wildman–Crippen MR) is 39.9 cm³/mol. The Balaban J connectivity index is 3.60. The molecule has 0 aliphatic rings. The summed E-state index contributed by atoms with van der Waals surface area (Å²) in [5, 5.41) is 10.6. The molecular weight excluding hydrogens is 146 g/mol. The van der Waals surface area contributed by atoms with E-state index in [4.69, 9.17) is 5.11 Å². The monoisotopic (exact) mass is 157 g/mol. The van der Waals surface area contributed by atoms with Gasteiger partial charge in [0, 0.05) is 12.6 Å². The van der Waals surface area contributed by atoms with Gasteiger partial charge in [0.25, 0.3) is 0 Å². The van der Waals surface area contributed by atoms with Gasteiger partial charge in [0.1, 0.15) is 0 Å². The van der Waals surface area contributed by atoms with Crippen LogP contribution in [0.1, 0.15) is 6.92 Å². The van der Waals surface area contributed by atoms with Gasteiger partial charge < -0.3 is 10.4 Å². The van der Waals surface area contributed by atoms with Crippen molar-refractivity contribution in [1.29, 1.82) is 0 Å². The van der Waals surface area contributed by atoms with E-state index in [2.05, 4.69) is 5.32 Å². The van der Waals surface area contributed by atoms with Crippen LogP contribution < -0.4 is 5.32 Å². The molecule has 0 heterocycles. The zero-order valence-electron chi connectivity index (χ0n) is 6.33. The Morgan fingerprint density at radius 2 is 2.09 bits per heavy atom. The molecule has 4 heteroatoms. The molecule has 0 saturated carbocycles. The fourth-order valence-electron chi connectivity index (χ4n) is 0.431. The molecule has 62 valence electrons. The molecule has 0 atom stereocenters. The van der Waals surface area contributed by atoms with Gasteiger partial charge in [-0.25, -0.2) is 0 Å². The lowest BCUT2D eigenvalue weighted by Gasteiger charge is -1.95. The van der Waals surface area contributed by atoms with E-state index in [0.717, 1.165) is 6.08 Å². The number of aliphatic hydroxyl groups is 1. The zero-order valence-corrected chi connectivity index (χ0v) is 6.33. The van der Waals surface area contributed by atoms with Crippen LogP contribution in [0.15, 0.2) is 12.2 Å². The van der Waals surface area contributed by atoms with Crippen molar-refractivity contribution in [2.24, 2.45) is 0 Å². The fraction of sp³-hybridized carbons (Fsp3) is 0.429. The summed E-state index contributed by atoms with van der Waals surface area (Å²) in [6, 6.07) is 0. The van der Waals surface area contributed by atoms with Crippen molar-refractivity contribution >= 4 is 11.7 Å². The number of allylic oxidation sites excluding steroid dienone is 1. The van der Waals surface area contributed by atoms with Gasteiger partial charge in [-0.15, -0.1) is 0 Å². The molecule has 4 nitrogen and oxygen atoms in total. The van der Waals surface area contributed by atoms with Gasteiger partial charge in [-0.3, -0.25) is 9.59 Å². The number of hydrogen-bond acceptors (Lipinski definition) is 3. The van der Waals surface area contributed by atoms with Crippen LogP contribution in [0.2, 0.25) is 0 Å². The highest BCUT2D eigenvalue weighted by atomic mass is 16.3. The molecule has 0 spiro atoms. The largest absolute Gasteiger partial charge is 0.395 e. The average Bonchev–Trinajstić information content (AvgIpc) is 1.97. The molecule has 0 aromatic rings. The number of ketones is 1. The lowest BCUT2D eigenvalue weighted by molar-refractivity contribution is -0.117. The van der Waals surface area contributed by atoms with Crippen molar-refractivity contribution in [3.05, 3.63) is 12.2 Å². The number of nitrogens with one attached hydrogen (secondary N) is 1. The summed E-state index contributed by atoms with van der Waals surface area (Å²) in [6.45, 7) is 1.47. The highest BCUT2D eigenvalue weighted by Gasteiger charge is 1.92. The van der Waals surface area contributed by atoms with Gasteiger partial charge in [-0.2, -0.15) is 0 Å². The van der Waals surface area contributed by atoms with Crippen LogP contribution in [-0.2, 0) is 9.59 Å². The van der Waals surface area contributed by atoms with Crippen LogP contribution in [0.5, 0.6) is 0 Å². The minimum atomic E-state index is -0.366. The first-order chi connectivity index (χ1) is 5.16. The smallest absolute Gasteiger partial charge is 0.244 e. The molecule has 0 radical (unpaired) electrons. The summed E-state index contributed by atoms with van der Waals surface area (Å²) in [7, 11) is 0. The van der Waals surface area contributed by atoms with Crippen LogP contribution in [0.25, 0.3) is 0 Å². The van der Waals surface area contributed by atoms with E-state index in [0.29, 0.717) is 0 Å². The Morgan fingerprint density at radius 1 is 1.45 bits per heavy atom. The van der Waals surface area contributed by atoms with Crippen molar-refractivity contribution < 1.29 is 14.7 Å². The van der Waals surface area contributed by atoms with Gasteiger partial charge in [-0.1, -0.05) is 0 Å². The summed E-state index contributed by atoms with van der Waals surface area (Å²) < 4.78 is 0. The van der Waals surface area contributed by atoms with Gasteiger partial charge in [-0.05, 0) is 13.0 Å². The molecule has 0 saturated heterocycles. The number of aliphatic hydroxyl groups excluding tert-OH is 1. The quantitative estimate of drug-likeness (QED) is 0.527. The molecule has 0 fully saturated rings. The Hall–Kier alpha value is -1.16. The number of carbonyl (C=O) groups is 2. The number of rotatable bonds is 4. The van der Waals surface area contributed by atoms with Crippen molar-refractivity contribution in [3.8, 4) is 0 Å².